The lowest BCUT2D eigenvalue weighted by Gasteiger charge is -2.11. The molecule has 1 heterocycles. The third-order valence-corrected chi connectivity index (χ3v) is 3.57. The zero-order valence-corrected chi connectivity index (χ0v) is 10.2. The third-order valence-electron chi connectivity index (χ3n) is 2.59. The summed E-state index contributed by atoms with van der Waals surface area (Å²) in [5, 5.41) is 6.83. The van der Waals surface area contributed by atoms with Crippen molar-refractivity contribution in [1.82, 2.24) is 5.32 Å². The highest BCUT2D eigenvalue weighted by molar-refractivity contribution is 7.17. The molecule has 0 saturated heterocycles. The molecule has 1 aromatic heterocycles. The summed E-state index contributed by atoms with van der Waals surface area (Å²) in [7, 11) is 0. The minimum atomic E-state index is 0.0381. The predicted molar refractivity (Wildman–Crippen MR) is 71.7 cm³/mol. The first-order valence-electron chi connectivity index (χ1n) is 5.52. The van der Waals surface area contributed by atoms with Gasteiger partial charge in [-0.25, -0.2) is 0 Å². The second-order valence-corrected chi connectivity index (χ2v) is 4.65. The fraction of sp³-hybridized carbons (Fsp3) is 0.286. The molecule has 0 aliphatic rings. The van der Waals surface area contributed by atoms with Crippen LogP contribution in [0.1, 0.15) is 24.9 Å². The Labute approximate surface area is 100 Å². The highest BCUT2D eigenvalue weighted by Crippen LogP contribution is 2.29. The number of nitrogens with one attached hydrogen (secondary N) is 1. The molecule has 0 amide bonds. The van der Waals surface area contributed by atoms with Crippen LogP contribution in [0, 0.1) is 12.3 Å². The van der Waals surface area contributed by atoms with E-state index in [1.54, 1.807) is 11.3 Å². The second-order valence-electron chi connectivity index (χ2n) is 3.74. The van der Waals surface area contributed by atoms with Crippen molar-refractivity contribution in [3.05, 3.63) is 35.2 Å². The fourth-order valence-corrected chi connectivity index (χ4v) is 2.76. The van der Waals surface area contributed by atoms with Crippen LogP contribution in [0.4, 0.5) is 0 Å². The van der Waals surface area contributed by atoms with Crippen molar-refractivity contribution >= 4 is 21.4 Å². The highest BCUT2D eigenvalue weighted by Gasteiger charge is 2.11. The average Bonchev–Trinajstić information content (AvgIpc) is 2.75. The lowest BCUT2D eigenvalue weighted by molar-refractivity contribution is 0.630. The van der Waals surface area contributed by atoms with Gasteiger partial charge in [0.05, 0.1) is 6.04 Å². The average molecular weight is 229 g/mol. The second kappa shape index (κ2) is 5.16. The Morgan fingerprint density at radius 1 is 1.44 bits per heavy atom. The van der Waals surface area contributed by atoms with Gasteiger partial charge in [-0.2, -0.15) is 0 Å². The summed E-state index contributed by atoms with van der Waals surface area (Å²) in [6.45, 7) is 3.10. The molecular formula is C14H15NS. The van der Waals surface area contributed by atoms with Crippen molar-refractivity contribution in [2.45, 2.75) is 19.4 Å². The smallest absolute Gasteiger partial charge is 0.0957 e. The number of hydrogen-bond donors (Lipinski definition) is 1. The Balaban J connectivity index is 2.34. The van der Waals surface area contributed by atoms with Crippen LogP contribution in [0.5, 0.6) is 0 Å². The van der Waals surface area contributed by atoms with E-state index < -0.39 is 0 Å². The molecule has 2 aromatic rings. The Hall–Kier alpha value is -1.30. The first-order valence-corrected chi connectivity index (χ1v) is 6.40. The van der Waals surface area contributed by atoms with Gasteiger partial charge in [0, 0.05) is 4.70 Å². The molecule has 1 aromatic carbocycles. The van der Waals surface area contributed by atoms with Crippen LogP contribution in [0.25, 0.3) is 10.1 Å². The van der Waals surface area contributed by atoms with Gasteiger partial charge in [-0.15, -0.1) is 17.8 Å². The van der Waals surface area contributed by atoms with Crippen LogP contribution in [-0.4, -0.2) is 6.54 Å². The molecule has 2 heteroatoms. The van der Waals surface area contributed by atoms with E-state index in [0.29, 0.717) is 0 Å². The Morgan fingerprint density at radius 3 is 3.00 bits per heavy atom. The van der Waals surface area contributed by atoms with E-state index >= 15 is 0 Å². The summed E-state index contributed by atoms with van der Waals surface area (Å²) in [6, 6.07) is 8.44. The van der Waals surface area contributed by atoms with E-state index in [2.05, 4.69) is 47.8 Å². The van der Waals surface area contributed by atoms with E-state index in [1.807, 2.05) is 0 Å². The van der Waals surface area contributed by atoms with Gasteiger partial charge in [-0.05, 0) is 35.4 Å². The Kier molecular flexibility index (Phi) is 3.61. The molecular weight excluding hydrogens is 214 g/mol. The number of rotatable bonds is 4. The SMILES string of the molecule is C#CC(NCCC)c1csc2ccccc12. The lowest BCUT2D eigenvalue weighted by atomic mass is 10.1. The Morgan fingerprint density at radius 2 is 2.25 bits per heavy atom. The summed E-state index contributed by atoms with van der Waals surface area (Å²) in [5.74, 6) is 2.83. The maximum atomic E-state index is 5.59. The molecule has 0 saturated carbocycles. The molecule has 0 aliphatic heterocycles. The topological polar surface area (TPSA) is 12.0 Å². The summed E-state index contributed by atoms with van der Waals surface area (Å²) < 4.78 is 1.30. The highest BCUT2D eigenvalue weighted by atomic mass is 32.1. The first-order chi connectivity index (χ1) is 7.86. The molecule has 16 heavy (non-hydrogen) atoms. The van der Waals surface area contributed by atoms with Gasteiger partial charge in [0.1, 0.15) is 0 Å². The van der Waals surface area contributed by atoms with Crippen LogP contribution in [0.15, 0.2) is 29.6 Å². The number of thiophene rings is 1. The minimum absolute atomic E-state index is 0.0381. The molecule has 0 bridgehead atoms. The minimum Gasteiger partial charge on any atom is -0.300 e. The van der Waals surface area contributed by atoms with E-state index in [0.717, 1.165) is 13.0 Å². The summed E-state index contributed by atoms with van der Waals surface area (Å²) in [6.07, 6.45) is 6.69. The van der Waals surface area contributed by atoms with Gasteiger partial charge in [0.2, 0.25) is 0 Å². The third kappa shape index (κ3) is 2.11. The van der Waals surface area contributed by atoms with Gasteiger partial charge in [0.15, 0.2) is 0 Å². The molecule has 0 aliphatic carbocycles. The number of fused-ring (bicyclic) bond motifs is 1. The van der Waals surface area contributed by atoms with E-state index in [4.69, 9.17) is 6.42 Å². The van der Waals surface area contributed by atoms with E-state index in [1.165, 1.54) is 15.6 Å². The van der Waals surface area contributed by atoms with Gasteiger partial charge in [0.25, 0.3) is 0 Å². The summed E-state index contributed by atoms with van der Waals surface area (Å²) in [4.78, 5) is 0. The molecule has 0 radical (unpaired) electrons. The van der Waals surface area contributed by atoms with Crippen molar-refractivity contribution in [2.24, 2.45) is 0 Å². The van der Waals surface area contributed by atoms with Crippen molar-refractivity contribution in [2.75, 3.05) is 6.54 Å². The van der Waals surface area contributed by atoms with Gasteiger partial charge >= 0.3 is 0 Å². The number of hydrogen-bond acceptors (Lipinski definition) is 2. The van der Waals surface area contributed by atoms with Crippen LogP contribution < -0.4 is 5.32 Å². The maximum Gasteiger partial charge on any atom is 0.0957 e. The van der Waals surface area contributed by atoms with Gasteiger partial charge < -0.3 is 0 Å². The summed E-state index contributed by atoms with van der Waals surface area (Å²) in [5.41, 5.74) is 1.23. The predicted octanol–water partition coefficient (Wildman–Crippen LogP) is 3.58. The Bertz CT molecular complexity index is 507. The van der Waals surface area contributed by atoms with Gasteiger partial charge in [-0.3, -0.25) is 5.32 Å². The van der Waals surface area contributed by atoms with Crippen LogP contribution in [0.2, 0.25) is 0 Å². The zero-order valence-electron chi connectivity index (χ0n) is 9.36. The van der Waals surface area contributed by atoms with Crippen molar-refractivity contribution < 1.29 is 0 Å². The first kappa shape index (κ1) is 11.2. The normalized spacial score (nSPS) is 12.5. The standard InChI is InChI=1S/C14H15NS/c1-3-9-15-13(4-2)12-10-16-14-8-6-5-7-11(12)14/h2,5-8,10,13,15H,3,9H2,1H3. The molecule has 0 spiro atoms. The van der Waals surface area contributed by atoms with E-state index in [9.17, 15) is 0 Å². The monoisotopic (exact) mass is 229 g/mol. The zero-order chi connectivity index (χ0) is 11.4. The number of terminal acetylenes is 1. The molecule has 1 unspecified atom stereocenters. The molecule has 1 nitrogen and oxygen atoms in total. The molecule has 2 rings (SSSR count). The molecule has 1 N–H and O–H groups in total. The molecule has 1 atom stereocenters. The van der Waals surface area contributed by atoms with Crippen LogP contribution in [-0.2, 0) is 0 Å². The molecule has 82 valence electrons. The lowest BCUT2D eigenvalue weighted by Crippen LogP contribution is -2.20. The maximum absolute atomic E-state index is 5.59. The van der Waals surface area contributed by atoms with Crippen molar-refractivity contribution in [3.8, 4) is 12.3 Å². The van der Waals surface area contributed by atoms with Crippen LogP contribution >= 0.6 is 11.3 Å². The largest absolute Gasteiger partial charge is 0.300 e. The fourth-order valence-electron chi connectivity index (χ4n) is 1.77. The van der Waals surface area contributed by atoms with Gasteiger partial charge in [-0.1, -0.05) is 31.0 Å². The van der Waals surface area contributed by atoms with Crippen molar-refractivity contribution in [1.29, 1.82) is 0 Å². The van der Waals surface area contributed by atoms with E-state index in [-0.39, 0.29) is 6.04 Å². The quantitative estimate of drug-likeness (QED) is 0.790. The van der Waals surface area contributed by atoms with Crippen LogP contribution in [0.3, 0.4) is 0 Å². The molecule has 0 fully saturated rings. The van der Waals surface area contributed by atoms with Crippen molar-refractivity contribution in [3.63, 3.8) is 0 Å². The summed E-state index contributed by atoms with van der Waals surface area (Å²) >= 11 is 1.76. The number of benzene rings is 1.